The lowest BCUT2D eigenvalue weighted by Crippen LogP contribution is -2.60. The molecule has 0 aromatic heterocycles. The van der Waals surface area contributed by atoms with Crippen molar-refractivity contribution < 1.29 is 29.0 Å². The Balaban J connectivity index is 1.81. The first kappa shape index (κ1) is 29.5. The molecule has 0 saturated carbocycles. The number of halogens is 1. The number of hydrogen-bond acceptors (Lipinski definition) is 6. The Morgan fingerprint density at radius 1 is 1.28 bits per heavy atom. The van der Waals surface area contributed by atoms with Gasteiger partial charge in [-0.05, 0) is 45.6 Å². The summed E-state index contributed by atoms with van der Waals surface area (Å²) >= 11 is 3.68. The summed E-state index contributed by atoms with van der Waals surface area (Å²) in [5, 5.41) is 10.6. The Morgan fingerprint density at radius 3 is 2.56 bits per heavy atom. The Bertz CT molecular complexity index is 1100. The van der Waals surface area contributed by atoms with E-state index in [4.69, 9.17) is 9.47 Å². The van der Waals surface area contributed by atoms with Gasteiger partial charge in [-0.2, -0.15) is 0 Å². The van der Waals surface area contributed by atoms with Gasteiger partial charge in [-0.3, -0.25) is 14.4 Å². The van der Waals surface area contributed by atoms with Crippen LogP contribution in [0.4, 0.5) is 0 Å². The molecule has 2 bridgehead atoms. The number of nitrogens with zero attached hydrogens (tertiary/aromatic N) is 2. The number of hydrogen-bond donors (Lipinski definition) is 1. The van der Waals surface area contributed by atoms with Crippen LogP contribution in [0.15, 0.2) is 55.6 Å². The van der Waals surface area contributed by atoms with Gasteiger partial charge in [0.1, 0.15) is 11.6 Å². The van der Waals surface area contributed by atoms with Crippen LogP contribution in [0.2, 0.25) is 0 Å². The van der Waals surface area contributed by atoms with Crippen LogP contribution in [0, 0.1) is 11.8 Å². The van der Waals surface area contributed by atoms with E-state index in [0.29, 0.717) is 24.8 Å². The lowest BCUT2D eigenvalue weighted by atomic mass is 9.70. The highest BCUT2D eigenvalue weighted by Gasteiger charge is 2.77. The monoisotopic (exact) mass is 602 g/mol. The van der Waals surface area contributed by atoms with Crippen molar-refractivity contribution >= 4 is 33.7 Å². The number of unbranched alkanes of at least 4 members (excludes halogenated alkanes) is 1. The summed E-state index contributed by atoms with van der Waals surface area (Å²) in [5.74, 6) is -2.94. The summed E-state index contributed by atoms with van der Waals surface area (Å²) in [4.78, 5) is 45.3. The minimum absolute atomic E-state index is 0.210. The van der Waals surface area contributed by atoms with E-state index in [2.05, 4.69) is 29.1 Å². The zero-order valence-corrected chi connectivity index (χ0v) is 24.5. The molecule has 39 heavy (non-hydrogen) atoms. The van der Waals surface area contributed by atoms with Crippen LogP contribution >= 0.6 is 15.9 Å². The van der Waals surface area contributed by atoms with Gasteiger partial charge in [0.25, 0.3) is 0 Å². The zero-order valence-electron chi connectivity index (χ0n) is 22.9. The molecule has 0 radical (unpaired) electrons. The van der Waals surface area contributed by atoms with Gasteiger partial charge in [-0.25, -0.2) is 0 Å². The van der Waals surface area contributed by atoms with E-state index in [1.165, 1.54) is 4.90 Å². The molecule has 3 aliphatic heterocycles. The molecule has 9 heteroatoms. The molecule has 3 fully saturated rings. The highest BCUT2D eigenvalue weighted by atomic mass is 79.9. The minimum Gasteiger partial charge on any atom is -0.465 e. The lowest BCUT2D eigenvalue weighted by Gasteiger charge is -2.43. The van der Waals surface area contributed by atoms with Gasteiger partial charge in [0.2, 0.25) is 11.8 Å². The molecule has 1 N–H and O–H groups in total. The Kier molecular flexibility index (Phi) is 8.73. The van der Waals surface area contributed by atoms with E-state index < -0.39 is 53.7 Å². The number of likely N-dealkylation sites (tertiary alicyclic amines) is 1. The number of benzene rings is 1. The molecule has 2 amide bonds. The highest BCUT2D eigenvalue weighted by Crippen LogP contribution is 2.61. The molecule has 0 aliphatic carbocycles. The molecule has 212 valence electrons. The fraction of sp³-hybridized carbons (Fsp3) is 0.567. The highest BCUT2D eigenvalue weighted by molar-refractivity contribution is 9.09. The Morgan fingerprint density at radius 2 is 1.97 bits per heavy atom. The Labute approximate surface area is 239 Å². The molecular weight excluding hydrogens is 564 g/mol. The molecule has 3 saturated heterocycles. The molecule has 8 nitrogen and oxygen atoms in total. The van der Waals surface area contributed by atoms with E-state index in [-0.39, 0.29) is 29.8 Å². The van der Waals surface area contributed by atoms with E-state index in [1.807, 2.05) is 51.1 Å². The van der Waals surface area contributed by atoms with Crippen LogP contribution < -0.4 is 0 Å². The third-order valence-electron chi connectivity index (χ3n) is 8.11. The number of ether oxygens (including phenoxy) is 2. The summed E-state index contributed by atoms with van der Waals surface area (Å²) in [6, 6.07) is 7.31. The van der Waals surface area contributed by atoms with Crippen molar-refractivity contribution in [2.45, 2.75) is 74.2 Å². The summed E-state index contributed by atoms with van der Waals surface area (Å²) in [6.45, 7) is 13.4. The van der Waals surface area contributed by atoms with Crippen LogP contribution in [0.5, 0.6) is 0 Å². The van der Waals surface area contributed by atoms with Gasteiger partial charge in [0.15, 0.2) is 0 Å². The van der Waals surface area contributed by atoms with Crippen molar-refractivity contribution in [2.24, 2.45) is 11.8 Å². The predicted molar refractivity (Wildman–Crippen MR) is 151 cm³/mol. The molecule has 1 aromatic rings. The van der Waals surface area contributed by atoms with Crippen LogP contribution in [0.3, 0.4) is 0 Å². The van der Waals surface area contributed by atoms with Crippen LogP contribution in [-0.2, 0) is 23.9 Å². The molecule has 1 spiro atoms. The van der Waals surface area contributed by atoms with Crippen molar-refractivity contribution in [3.8, 4) is 0 Å². The van der Waals surface area contributed by atoms with Crippen molar-refractivity contribution in [2.75, 3.05) is 19.8 Å². The number of allylic oxidation sites excluding steroid dienone is 1. The number of rotatable bonds is 11. The molecule has 3 aliphatic rings. The lowest BCUT2D eigenvalue weighted by molar-refractivity contribution is -0.157. The van der Waals surface area contributed by atoms with Crippen molar-refractivity contribution in [3.63, 3.8) is 0 Å². The predicted octanol–water partition coefficient (Wildman–Crippen LogP) is 3.79. The topological polar surface area (TPSA) is 96.4 Å². The second-order valence-electron chi connectivity index (χ2n) is 11.5. The maximum Gasteiger partial charge on any atom is 0.312 e. The summed E-state index contributed by atoms with van der Waals surface area (Å²) in [5.41, 5.74) is -1.13. The average Bonchev–Trinajstić information content (AvgIpc) is 3.49. The third kappa shape index (κ3) is 5.09. The number of carbonyl (C=O) groups excluding carboxylic acids is 3. The number of fused-ring (bicyclic) bond motifs is 1. The number of aliphatic hydroxyl groups is 1. The Hall–Kier alpha value is -2.49. The number of amides is 2. The van der Waals surface area contributed by atoms with Gasteiger partial charge in [-0.15, -0.1) is 13.2 Å². The van der Waals surface area contributed by atoms with Crippen molar-refractivity contribution in [1.82, 2.24) is 9.80 Å². The van der Waals surface area contributed by atoms with E-state index >= 15 is 0 Å². The van der Waals surface area contributed by atoms with E-state index in [9.17, 15) is 19.5 Å². The summed E-state index contributed by atoms with van der Waals surface area (Å²) in [6.07, 6.45) is 4.52. The first-order valence-electron chi connectivity index (χ1n) is 13.5. The SMILES string of the molecule is C=CCCCOC(=O)[C@H]1[C@H]2C(=O)N([C@H](CO)c3ccccc3)C(C(=O)N(CC=C)C(C)(C)C)C23CC(Br)[C@@H]1O3. The molecular formula is C30H39BrN2O6. The maximum absolute atomic E-state index is 14.5. The zero-order chi connectivity index (χ0) is 28.5. The van der Waals surface area contributed by atoms with Crippen LogP contribution in [0.25, 0.3) is 0 Å². The van der Waals surface area contributed by atoms with Crippen LogP contribution in [0.1, 0.15) is 51.6 Å². The number of aliphatic hydroxyl groups excluding tert-OH is 1. The normalized spacial score (nSPS) is 30.1. The van der Waals surface area contributed by atoms with Crippen molar-refractivity contribution in [3.05, 3.63) is 61.2 Å². The van der Waals surface area contributed by atoms with E-state index in [1.54, 1.807) is 17.1 Å². The molecule has 3 heterocycles. The first-order valence-corrected chi connectivity index (χ1v) is 14.4. The molecule has 7 atom stereocenters. The first-order chi connectivity index (χ1) is 18.5. The van der Waals surface area contributed by atoms with Crippen LogP contribution in [-0.4, -0.2) is 80.6 Å². The number of carbonyl (C=O) groups is 3. The second-order valence-corrected chi connectivity index (χ2v) is 12.7. The van der Waals surface area contributed by atoms with Gasteiger partial charge in [0, 0.05) is 16.9 Å². The maximum atomic E-state index is 14.5. The quantitative estimate of drug-likeness (QED) is 0.179. The second kappa shape index (κ2) is 11.6. The largest absolute Gasteiger partial charge is 0.465 e. The molecule has 4 rings (SSSR count). The number of esters is 1. The number of alkyl halides is 1. The standard InChI is InChI=1S/C30H39BrN2O6/c1-6-8-12-16-38-28(37)22-23-26(35)33(21(18-34)19-13-10-9-11-14-19)25(30(23)17-20(31)24(22)39-30)27(36)32(15-7-2)29(3,4)5/h6-7,9-11,13-14,20-25,34H,1-2,8,12,15-18H2,3-5H3/t20?,21-,22+,23+,24+,25?,30?/m1/s1. The van der Waals surface area contributed by atoms with Gasteiger partial charge >= 0.3 is 5.97 Å². The summed E-state index contributed by atoms with van der Waals surface area (Å²) in [7, 11) is 0. The molecule has 3 unspecified atom stereocenters. The third-order valence-corrected chi connectivity index (χ3v) is 8.96. The fourth-order valence-electron chi connectivity index (χ4n) is 6.45. The summed E-state index contributed by atoms with van der Waals surface area (Å²) < 4.78 is 12.2. The van der Waals surface area contributed by atoms with Crippen molar-refractivity contribution in [1.29, 1.82) is 0 Å². The average molecular weight is 604 g/mol. The van der Waals surface area contributed by atoms with E-state index in [0.717, 1.165) is 0 Å². The smallest absolute Gasteiger partial charge is 0.312 e. The molecule has 1 aromatic carbocycles. The van der Waals surface area contributed by atoms with Gasteiger partial charge in [0.05, 0.1) is 37.2 Å². The minimum atomic E-state index is -1.25. The van der Waals surface area contributed by atoms with Gasteiger partial charge in [-0.1, -0.05) is 58.4 Å². The fourth-order valence-corrected chi connectivity index (χ4v) is 7.39. The van der Waals surface area contributed by atoms with Gasteiger partial charge < -0.3 is 24.4 Å².